The summed E-state index contributed by atoms with van der Waals surface area (Å²) in [5.41, 5.74) is 8.11. The molecule has 0 bridgehead atoms. The number of nitrogens with one attached hydrogen (secondary N) is 1. The molecule has 0 saturated carbocycles. The maximum Gasteiger partial charge on any atom is 0.251 e. The number of hydrogen-bond donors (Lipinski definition) is 2. The zero-order valence-electron chi connectivity index (χ0n) is 10.6. The highest BCUT2D eigenvalue weighted by Crippen LogP contribution is 2.16. The summed E-state index contributed by atoms with van der Waals surface area (Å²) in [6.45, 7) is 1.94. The van der Waals surface area contributed by atoms with Gasteiger partial charge in [0.25, 0.3) is 5.91 Å². The van der Waals surface area contributed by atoms with Crippen molar-refractivity contribution in [1.29, 1.82) is 0 Å². The van der Waals surface area contributed by atoms with Gasteiger partial charge in [0.1, 0.15) is 0 Å². The zero-order chi connectivity index (χ0) is 13.8. The Kier molecular flexibility index (Phi) is 4.42. The van der Waals surface area contributed by atoms with Crippen molar-refractivity contribution in [1.82, 2.24) is 5.32 Å². The van der Waals surface area contributed by atoms with E-state index in [2.05, 4.69) is 27.9 Å². The van der Waals surface area contributed by atoms with Crippen molar-refractivity contribution >= 4 is 34.2 Å². The molecule has 4 heteroatoms. The minimum atomic E-state index is -0.0775. The third-order valence-electron chi connectivity index (χ3n) is 2.86. The third-order valence-corrected chi connectivity index (χ3v) is 3.58. The first-order chi connectivity index (χ1) is 9.06. The number of nitrogens with two attached hydrogens (primary N) is 1. The van der Waals surface area contributed by atoms with E-state index in [9.17, 15) is 4.79 Å². The van der Waals surface area contributed by atoms with Crippen molar-refractivity contribution in [2.45, 2.75) is 13.0 Å². The third kappa shape index (κ3) is 3.70. The van der Waals surface area contributed by atoms with Crippen molar-refractivity contribution in [3.63, 3.8) is 0 Å². The highest BCUT2D eigenvalue weighted by molar-refractivity contribution is 14.1. The summed E-state index contributed by atoms with van der Waals surface area (Å²) < 4.78 is 1.11. The summed E-state index contributed by atoms with van der Waals surface area (Å²) in [5, 5.41) is 2.96. The van der Waals surface area contributed by atoms with Gasteiger partial charge in [0.05, 0.1) is 6.04 Å². The highest BCUT2D eigenvalue weighted by atomic mass is 127. The molecule has 1 amide bonds. The van der Waals surface area contributed by atoms with E-state index in [1.54, 1.807) is 0 Å². The van der Waals surface area contributed by atoms with Gasteiger partial charge in [0.2, 0.25) is 0 Å². The Morgan fingerprint density at radius 2 is 1.89 bits per heavy atom. The summed E-state index contributed by atoms with van der Waals surface area (Å²) >= 11 is 2.21. The average Bonchev–Trinajstić information content (AvgIpc) is 2.39. The Morgan fingerprint density at radius 1 is 1.21 bits per heavy atom. The maximum absolute atomic E-state index is 12.1. The first-order valence-electron chi connectivity index (χ1n) is 5.98. The zero-order valence-corrected chi connectivity index (χ0v) is 12.7. The molecule has 0 spiro atoms. The van der Waals surface area contributed by atoms with Crippen LogP contribution in [0.3, 0.4) is 0 Å². The maximum atomic E-state index is 12.1. The normalized spacial score (nSPS) is 11.9. The second-order valence-corrected chi connectivity index (χ2v) is 5.62. The van der Waals surface area contributed by atoms with Crippen LogP contribution in [0.1, 0.15) is 28.9 Å². The van der Waals surface area contributed by atoms with E-state index in [1.807, 2.05) is 55.5 Å². The van der Waals surface area contributed by atoms with Gasteiger partial charge in [0.15, 0.2) is 0 Å². The minimum absolute atomic E-state index is 0.0738. The molecule has 0 aromatic heterocycles. The lowest BCUT2D eigenvalue weighted by atomic mass is 10.1. The monoisotopic (exact) mass is 366 g/mol. The Bertz CT molecular complexity index is 581. The van der Waals surface area contributed by atoms with Crippen molar-refractivity contribution in [2.24, 2.45) is 0 Å². The summed E-state index contributed by atoms with van der Waals surface area (Å²) in [7, 11) is 0. The fourth-order valence-corrected chi connectivity index (χ4v) is 2.15. The largest absolute Gasteiger partial charge is 0.399 e. The van der Waals surface area contributed by atoms with Gasteiger partial charge >= 0.3 is 0 Å². The summed E-state index contributed by atoms with van der Waals surface area (Å²) in [6.07, 6.45) is 0. The van der Waals surface area contributed by atoms with Crippen LogP contribution < -0.4 is 11.1 Å². The smallest absolute Gasteiger partial charge is 0.251 e. The van der Waals surface area contributed by atoms with Gasteiger partial charge in [-0.2, -0.15) is 0 Å². The fourth-order valence-electron chi connectivity index (χ4n) is 1.79. The molecule has 0 aliphatic heterocycles. The Labute approximate surface area is 126 Å². The molecule has 0 radical (unpaired) electrons. The number of carbonyl (C=O) groups excluding carboxylic acids is 1. The topological polar surface area (TPSA) is 55.1 Å². The van der Waals surface area contributed by atoms with E-state index < -0.39 is 0 Å². The highest BCUT2D eigenvalue weighted by Gasteiger charge is 2.11. The van der Waals surface area contributed by atoms with E-state index >= 15 is 0 Å². The molecule has 2 aromatic carbocycles. The molecule has 0 saturated heterocycles. The fraction of sp³-hybridized carbons (Fsp3) is 0.133. The molecule has 1 unspecified atom stereocenters. The number of benzene rings is 2. The van der Waals surface area contributed by atoms with E-state index in [4.69, 9.17) is 5.73 Å². The lowest BCUT2D eigenvalue weighted by Crippen LogP contribution is -2.26. The number of rotatable bonds is 3. The quantitative estimate of drug-likeness (QED) is 0.647. The molecule has 2 aromatic rings. The molecular formula is C15H15IN2O. The molecule has 0 aliphatic rings. The van der Waals surface area contributed by atoms with Crippen molar-refractivity contribution in [3.8, 4) is 0 Å². The predicted octanol–water partition coefficient (Wildman–Crippen LogP) is 3.36. The van der Waals surface area contributed by atoms with Gasteiger partial charge in [-0.15, -0.1) is 0 Å². The van der Waals surface area contributed by atoms with Crippen molar-refractivity contribution in [2.75, 3.05) is 5.73 Å². The van der Waals surface area contributed by atoms with Crippen LogP contribution in [-0.4, -0.2) is 5.91 Å². The summed E-state index contributed by atoms with van der Waals surface area (Å²) in [5.74, 6) is -0.0775. The van der Waals surface area contributed by atoms with Crippen LogP contribution in [0.25, 0.3) is 0 Å². The first-order valence-corrected chi connectivity index (χ1v) is 7.06. The van der Waals surface area contributed by atoms with Gasteiger partial charge in [-0.1, -0.05) is 12.1 Å². The van der Waals surface area contributed by atoms with Crippen LogP contribution >= 0.6 is 22.6 Å². The summed E-state index contributed by atoms with van der Waals surface area (Å²) in [6, 6.07) is 15.0. The molecule has 0 fully saturated rings. The molecule has 3 nitrogen and oxygen atoms in total. The molecular weight excluding hydrogens is 351 g/mol. The Balaban J connectivity index is 2.08. The number of carbonyl (C=O) groups is 1. The lowest BCUT2D eigenvalue weighted by Gasteiger charge is -2.15. The van der Waals surface area contributed by atoms with E-state index in [1.165, 1.54) is 0 Å². The van der Waals surface area contributed by atoms with E-state index in [-0.39, 0.29) is 11.9 Å². The molecule has 2 rings (SSSR count). The average molecular weight is 366 g/mol. The molecule has 1 atom stereocenters. The van der Waals surface area contributed by atoms with E-state index in [0.717, 1.165) is 9.13 Å². The molecule has 0 aliphatic carbocycles. The second kappa shape index (κ2) is 6.06. The molecule has 19 heavy (non-hydrogen) atoms. The van der Waals surface area contributed by atoms with Crippen molar-refractivity contribution < 1.29 is 4.79 Å². The van der Waals surface area contributed by atoms with Gasteiger partial charge in [0, 0.05) is 14.8 Å². The van der Waals surface area contributed by atoms with Crippen LogP contribution in [0.5, 0.6) is 0 Å². The Hall–Kier alpha value is -1.56. The van der Waals surface area contributed by atoms with Gasteiger partial charge < -0.3 is 11.1 Å². The van der Waals surface area contributed by atoms with Crippen LogP contribution in [0.4, 0.5) is 5.69 Å². The van der Waals surface area contributed by atoms with Gasteiger partial charge in [-0.25, -0.2) is 0 Å². The van der Waals surface area contributed by atoms with Crippen LogP contribution in [0.15, 0.2) is 48.5 Å². The predicted molar refractivity (Wildman–Crippen MR) is 85.9 cm³/mol. The molecule has 3 N–H and O–H groups in total. The van der Waals surface area contributed by atoms with Gasteiger partial charge in [-0.05, 0) is 71.5 Å². The molecule has 98 valence electrons. The number of nitrogen functional groups attached to an aromatic ring is 1. The SMILES string of the molecule is CC(NC(=O)c1ccc(I)cc1)c1cccc(N)c1. The number of halogens is 1. The lowest BCUT2D eigenvalue weighted by molar-refractivity contribution is 0.0940. The number of anilines is 1. The van der Waals surface area contributed by atoms with E-state index in [0.29, 0.717) is 11.3 Å². The first kappa shape index (κ1) is 13.9. The van der Waals surface area contributed by atoms with Gasteiger partial charge in [-0.3, -0.25) is 4.79 Å². The van der Waals surface area contributed by atoms with Crippen LogP contribution in [0, 0.1) is 3.57 Å². The number of hydrogen-bond acceptors (Lipinski definition) is 2. The minimum Gasteiger partial charge on any atom is -0.399 e. The molecule has 0 heterocycles. The van der Waals surface area contributed by atoms with Crippen LogP contribution in [-0.2, 0) is 0 Å². The standard InChI is InChI=1S/C15H15IN2O/c1-10(12-3-2-4-14(17)9-12)18-15(19)11-5-7-13(16)8-6-11/h2-10H,17H2,1H3,(H,18,19). The Morgan fingerprint density at radius 3 is 2.53 bits per heavy atom. The van der Waals surface area contributed by atoms with Crippen LogP contribution in [0.2, 0.25) is 0 Å². The second-order valence-electron chi connectivity index (χ2n) is 4.37. The number of amides is 1. The summed E-state index contributed by atoms with van der Waals surface area (Å²) in [4.78, 5) is 12.1. The van der Waals surface area contributed by atoms with Crippen molar-refractivity contribution in [3.05, 3.63) is 63.2 Å².